The maximum absolute atomic E-state index is 13.4. The van der Waals surface area contributed by atoms with Gasteiger partial charge >= 0.3 is 5.97 Å². The number of carbonyl (C=O) groups is 2. The van der Waals surface area contributed by atoms with Crippen molar-refractivity contribution >= 4 is 27.7 Å². The second-order valence-electron chi connectivity index (χ2n) is 13.3. The summed E-state index contributed by atoms with van der Waals surface area (Å²) in [6.45, 7) is 9.16. The Labute approximate surface area is 246 Å². The quantitative estimate of drug-likeness (QED) is 0.0866. The molecular formula is C30H49N5O5S. The van der Waals surface area contributed by atoms with E-state index < -0.39 is 38.1 Å². The Kier molecular flexibility index (Phi) is 10.0. The molecule has 0 aromatic heterocycles. The molecule has 6 N–H and O–H groups in total. The van der Waals surface area contributed by atoms with Crippen LogP contribution in [0.25, 0.3) is 0 Å². The van der Waals surface area contributed by atoms with Gasteiger partial charge in [0.25, 0.3) is 0 Å². The highest BCUT2D eigenvalue weighted by Gasteiger charge is 2.51. The van der Waals surface area contributed by atoms with Crippen molar-refractivity contribution in [3.05, 3.63) is 47.2 Å². The van der Waals surface area contributed by atoms with Crippen molar-refractivity contribution in [3.8, 4) is 0 Å². The molecule has 1 saturated carbocycles. The lowest BCUT2D eigenvalue weighted by Crippen LogP contribution is -2.56. The zero-order valence-electron chi connectivity index (χ0n) is 25.8. The highest BCUT2D eigenvalue weighted by molar-refractivity contribution is 8.33. The lowest BCUT2D eigenvalue weighted by atomic mass is 9.83. The summed E-state index contributed by atoms with van der Waals surface area (Å²) < 4.78 is 10.5. The number of nitrogens with one attached hydrogen (secondary N) is 3. The maximum Gasteiger partial charge on any atom is 0.313 e. The Morgan fingerprint density at radius 1 is 1.17 bits per heavy atom. The number of aliphatic hydroxyl groups is 1. The highest BCUT2D eigenvalue weighted by atomic mass is 32.3. The van der Waals surface area contributed by atoms with E-state index in [4.69, 9.17) is 20.6 Å². The fourth-order valence-corrected chi connectivity index (χ4v) is 7.30. The van der Waals surface area contributed by atoms with Crippen molar-refractivity contribution in [2.45, 2.75) is 76.6 Å². The third-order valence-corrected chi connectivity index (χ3v) is 11.3. The molecule has 11 heteroatoms. The number of ether oxygens (including phenoxy) is 2. The molecule has 10 nitrogen and oxygen atoms in total. The van der Waals surface area contributed by atoms with Gasteiger partial charge in [0.1, 0.15) is 5.84 Å². The van der Waals surface area contributed by atoms with Crippen LogP contribution in [0, 0.1) is 10.8 Å². The molecule has 0 bridgehead atoms. The summed E-state index contributed by atoms with van der Waals surface area (Å²) in [5, 5.41) is 26.2. The van der Waals surface area contributed by atoms with Gasteiger partial charge in [-0.05, 0) is 78.2 Å². The molecule has 230 valence electrons. The third kappa shape index (κ3) is 7.14. The van der Waals surface area contributed by atoms with Gasteiger partial charge in [-0.1, -0.05) is 30.3 Å². The second kappa shape index (κ2) is 12.4. The number of rotatable bonds is 11. The van der Waals surface area contributed by atoms with E-state index in [9.17, 15) is 14.7 Å². The third-order valence-electron chi connectivity index (χ3n) is 8.34. The number of hydrogen-bond donors (Lipinski definition) is 5. The summed E-state index contributed by atoms with van der Waals surface area (Å²) in [5.41, 5.74) is 6.90. The second-order valence-corrected chi connectivity index (χ2v) is 17.7. The summed E-state index contributed by atoms with van der Waals surface area (Å²) in [6.07, 6.45) is 7.95. The molecule has 1 aliphatic carbocycles. The first-order valence-electron chi connectivity index (χ1n) is 14.0. The number of hydrogen-bond acceptors (Lipinski definition) is 9. The topological polar surface area (TPSA) is 150 Å². The van der Waals surface area contributed by atoms with Gasteiger partial charge in [-0.3, -0.25) is 25.2 Å². The summed E-state index contributed by atoms with van der Waals surface area (Å²) in [5.74, 6) is -0.495. The molecule has 2 atom stereocenters. The van der Waals surface area contributed by atoms with Crippen molar-refractivity contribution in [2.24, 2.45) is 11.1 Å². The number of amidine groups is 1. The molecule has 0 spiro atoms. The molecule has 1 aromatic carbocycles. The van der Waals surface area contributed by atoms with E-state index in [0.29, 0.717) is 11.3 Å². The number of esters is 1. The smallest absolute Gasteiger partial charge is 0.313 e. The van der Waals surface area contributed by atoms with Crippen molar-refractivity contribution < 1.29 is 24.2 Å². The SMILES string of the molecule is CC(C)(C)C(=O)OCOC[C@@H](N[C@H](O)N1CC(C(=N)NC(=O)C2(S(C)(C)C)CCC2)=C(N)C1(C)C)c1ccccc1. The Hall–Kier alpha value is -2.44. The van der Waals surface area contributed by atoms with Crippen LogP contribution in [0.2, 0.25) is 0 Å². The van der Waals surface area contributed by atoms with E-state index in [1.54, 1.807) is 25.7 Å². The largest absolute Gasteiger partial charge is 0.438 e. The number of nitrogens with two attached hydrogens (primary N) is 1. The average Bonchev–Trinajstić information content (AvgIpc) is 3.07. The molecule has 41 heavy (non-hydrogen) atoms. The highest BCUT2D eigenvalue weighted by Crippen LogP contribution is 2.60. The van der Waals surface area contributed by atoms with Crippen LogP contribution in [-0.2, 0) is 19.1 Å². The van der Waals surface area contributed by atoms with Gasteiger partial charge in [0.05, 0.1) is 28.3 Å². The van der Waals surface area contributed by atoms with Crippen molar-refractivity contribution in [1.82, 2.24) is 15.5 Å². The molecule has 0 unspecified atom stereocenters. The Balaban J connectivity index is 1.69. The molecule has 1 heterocycles. The predicted octanol–water partition coefficient (Wildman–Crippen LogP) is 3.17. The zero-order valence-corrected chi connectivity index (χ0v) is 26.6. The summed E-state index contributed by atoms with van der Waals surface area (Å²) in [6, 6.07) is 9.09. The van der Waals surface area contributed by atoms with Gasteiger partial charge in [-0.2, -0.15) is 0 Å². The van der Waals surface area contributed by atoms with Gasteiger partial charge < -0.3 is 25.6 Å². The number of carbonyl (C=O) groups excluding carboxylic acids is 2. The van der Waals surface area contributed by atoms with Crippen LogP contribution in [0.5, 0.6) is 0 Å². The van der Waals surface area contributed by atoms with Crippen LogP contribution in [0.15, 0.2) is 41.6 Å². The maximum atomic E-state index is 13.4. The van der Waals surface area contributed by atoms with Crippen LogP contribution < -0.4 is 16.4 Å². The normalized spacial score (nSPS) is 20.6. The van der Waals surface area contributed by atoms with Crippen LogP contribution >= 0.6 is 10.0 Å². The van der Waals surface area contributed by atoms with Gasteiger partial charge in [0.15, 0.2) is 13.1 Å². The fraction of sp³-hybridized carbons (Fsp3) is 0.633. The number of benzene rings is 1. The molecule has 1 aromatic rings. The molecule has 3 rings (SSSR count). The van der Waals surface area contributed by atoms with E-state index in [0.717, 1.165) is 24.8 Å². The van der Waals surface area contributed by atoms with Gasteiger partial charge in [-0.15, -0.1) is 0 Å². The van der Waals surface area contributed by atoms with Crippen molar-refractivity contribution in [2.75, 3.05) is 38.7 Å². The molecule has 1 fully saturated rings. The lowest BCUT2D eigenvalue weighted by molar-refractivity contribution is -0.166. The lowest BCUT2D eigenvalue weighted by Gasteiger charge is -2.53. The van der Waals surface area contributed by atoms with E-state index in [1.807, 2.05) is 44.2 Å². The first-order chi connectivity index (χ1) is 18.9. The number of aliphatic hydroxyl groups excluding tert-OH is 1. The minimum absolute atomic E-state index is 0.0196. The Morgan fingerprint density at radius 3 is 2.29 bits per heavy atom. The predicted molar refractivity (Wildman–Crippen MR) is 165 cm³/mol. The van der Waals surface area contributed by atoms with Crippen LogP contribution in [0.4, 0.5) is 0 Å². The van der Waals surface area contributed by atoms with Gasteiger partial charge in [-0.25, -0.2) is 10.0 Å². The molecular weight excluding hydrogens is 542 g/mol. The molecule has 0 saturated heterocycles. The van der Waals surface area contributed by atoms with E-state index >= 15 is 0 Å². The molecule has 2 aliphatic rings. The van der Waals surface area contributed by atoms with E-state index in [1.165, 1.54) is 0 Å². The fourth-order valence-electron chi connectivity index (χ4n) is 5.17. The van der Waals surface area contributed by atoms with Crippen LogP contribution in [0.3, 0.4) is 0 Å². The summed E-state index contributed by atoms with van der Waals surface area (Å²) >= 11 is 0. The zero-order chi connectivity index (χ0) is 30.8. The molecule has 1 aliphatic heterocycles. The number of amides is 1. The minimum atomic E-state index is -1.17. The van der Waals surface area contributed by atoms with Crippen LogP contribution in [0.1, 0.15) is 65.5 Å². The van der Waals surface area contributed by atoms with E-state index in [2.05, 4.69) is 29.4 Å². The minimum Gasteiger partial charge on any atom is -0.438 e. The first-order valence-corrected chi connectivity index (χ1v) is 16.9. The monoisotopic (exact) mass is 591 g/mol. The standard InChI is InChI=1S/C30H49N5O5S/c1-28(2,3)26(37)40-19-39-18-22(20-13-10-9-11-14-20)33-27(38)35-17-21(23(31)29(35,4)5)24(32)34-25(36)30(15-12-16-30)41(6,7)8/h9-11,13-14,22,27,33,38H,12,15-19,31H2,1-8H3,(H2,32,34,36)/t22-,27+/m1/s1. The number of nitrogens with zero attached hydrogens (tertiary/aromatic N) is 1. The van der Waals surface area contributed by atoms with Gasteiger partial charge in [0, 0.05) is 17.8 Å². The van der Waals surface area contributed by atoms with Crippen molar-refractivity contribution in [3.63, 3.8) is 0 Å². The Bertz CT molecular complexity index is 1150. The van der Waals surface area contributed by atoms with Crippen molar-refractivity contribution in [1.29, 1.82) is 5.41 Å². The Morgan fingerprint density at radius 2 is 1.78 bits per heavy atom. The van der Waals surface area contributed by atoms with Gasteiger partial charge in [0.2, 0.25) is 5.91 Å². The summed E-state index contributed by atoms with van der Waals surface area (Å²) in [7, 11) is -1.17. The molecule has 0 radical (unpaired) electrons. The average molecular weight is 592 g/mol. The molecule has 1 amide bonds. The van der Waals surface area contributed by atoms with Crippen LogP contribution in [-0.4, -0.2) is 83.1 Å². The van der Waals surface area contributed by atoms with E-state index in [-0.39, 0.29) is 37.7 Å². The summed E-state index contributed by atoms with van der Waals surface area (Å²) in [4.78, 5) is 27.2. The first kappa shape index (κ1) is 33.1.